The molecule has 0 spiro atoms. The Morgan fingerprint density at radius 2 is 2.06 bits per heavy atom. The van der Waals surface area contributed by atoms with Gasteiger partial charge in [0.05, 0.1) is 0 Å². The van der Waals surface area contributed by atoms with Gasteiger partial charge in [-0.25, -0.2) is 0 Å². The molecule has 17 heavy (non-hydrogen) atoms. The number of phenols is 1. The molecule has 3 heteroatoms. The van der Waals surface area contributed by atoms with Gasteiger partial charge in [-0.05, 0) is 18.6 Å². The molecule has 3 nitrogen and oxygen atoms in total. The van der Waals surface area contributed by atoms with Crippen molar-refractivity contribution >= 4 is 5.97 Å². The Morgan fingerprint density at radius 1 is 1.35 bits per heavy atom. The van der Waals surface area contributed by atoms with Crippen LogP contribution in [0.25, 0.3) is 0 Å². The molecular formula is C14H14O3. The van der Waals surface area contributed by atoms with E-state index >= 15 is 0 Å². The minimum absolute atomic E-state index is 0.232. The Labute approximate surface area is 99.7 Å². The monoisotopic (exact) mass is 230 g/mol. The molecule has 1 aromatic carbocycles. The van der Waals surface area contributed by atoms with Crippen LogP contribution in [0.5, 0.6) is 11.5 Å². The Morgan fingerprint density at radius 3 is 2.76 bits per heavy atom. The average molecular weight is 230 g/mol. The first-order valence-electron chi connectivity index (χ1n) is 5.95. The fraction of sp³-hybridized carbons (Fsp3) is 0.357. The van der Waals surface area contributed by atoms with Crippen molar-refractivity contribution in [3.8, 4) is 11.5 Å². The van der Waals surface area contributed by atoms with Gasteiger partial charge in [0.15, 0.2) is 0 Å². The van der Waals surface area contributed by atoms with Gasteiger partial charge in [0.2, 0.25) is 0 Å². The number of phenolic OH excluding ortho intramolecular Hbond substituents is 1. The van der Waals surface area contributed by atoms with Crippen LogP contribution in [0.4, 0.5) is 0 Å². The van der Waals surface area contributed by atoms with Crippen LogP contribution in [-0.2, 0) is 4.79 Å². The van der Waals surface area contributed by atoms with Crippen molar-refractivity contribution in [2.75, 3.05) is 0 Å². The topological polar surface area (TPSA) is 46.5 Å². The zero-order valence-corrected chi connectivity index (χ0v) is 9.64. The molecule has 0 aromatic heterocycles. The highest BCUT2D eigenvalue weighted by Crippen LogP contribution is 2.54. The molecule has 88 valence electrons. The lowest BCUT2D eigenvalue weighted by atomic mass is 9.95. The lowest BCUT2D eigenvalue weighted by Crippen LogP contribution is -2.08. The van der Waals surface area contributed by atoms with Crippen LogP contribution in [0.2, 0.25) is 0 Å². The van der Waals surface area contributed by atoms with E-state index in [2.05, 4.69) is 12.2 Å². The molecule has 0 unspecified atom stereocenters. The predicted molar refractivity (Wildman–Crippen MR) is 63.3 cm³/mol. The molecule has 0 saturated heterocycles. The van der Waals surface area contributed by atoms with Crippen molar-refractivity contribution in [3.05, 3.63) is 35.4 Å². The van der Waals surface area contributed by atoms with Gasteiger partial charge in [0.25, 0.3) is 0 Å². The third-order valence-electron chi connectivity index (χ3n) is 3.56. The van der Waals surface area contributed by atoms with Gasteiger partial charge in [-0.15, -0.1) is 0 Å². The van der Waals surface area contributed by atoms with Crippen LogP contribution < -0.4 is 4.74 Å². The van der Waals surface area contributed by atoms with E-state index < -0.39 is 0 Å². The van der Waals surface area contributed by atoms with Crippen LogP contribution >= 0.6 is 0 Å². The largest absolute Gasteiger partial charge is 0.508 e. The second-order valence-corrected chi connectivity index (χ2v) is 4.57. The predicted octanol–water partition coefficient (Wildman–Crippen LogP) is 2.85. The van der Waals surface area contributed by atoms with Crippen molar-refractivity contribution in [1.82, 2.24) is 0 Å². The molecule has 1 aromatic rings. The number of aromatic hydroxyl groups is 1. The fourth-order valence-electron chi connectivity index (χ4n) is 2.79. The maximum atomic E-state index is 11.4. The molecule has 2 aliphatic carbocycles. The van der Waals surface area contributed by atoms with Crippen LogP contribution in [0.1, 0.15) is 42.7 Å². The quantitative estimate of drug-likeness (QED) is 0.482. The summed E-state index contributed by atoms with van der Waals surface area (Å²) in [5, 5.41) is 9.89. The summed E-state index contributed by atoms with van der Waals surface area (Å²) >= 11 is 0. The van der Waals surface area contributed by atoms with Crippen molar-refractivity contribution < 1.29 is 14.6 Å². The molecule has 2 aliphatic rings. The molecule has 0 fully saturated rings. The van der Waals surface area contributed by atoms with Crippen molar-refractivity contribution in [1.29, 1.82) is 0 Å². The Bertz CT molecular complexity index is 516. The molecule has 2 bridgehead atoms. The molecular weight excluding hydrogens is 216 g/mol. The number of esters is 1. The highest BCUT2D eigenvalue weighted by atomic mass is 16.5. The summed E-state index contributed by atoms with van der Waals surface area (Å²) in [7, 11) is 0. The zero-order valence-electron chi connectivity index (χ0n) is 9.64. The van der Waals surface area contributed by atoms with Crippen LogP contribution in [-0.4, -0.2) is 11.1 Å². The molecule has 0 heterocycles. The Kier molecular flexibility index (Phi) is 2.21. The van der Waals surface area contributed by atoms with E-state index in [-0.39, 0.29) is 11.9 Å². The van der Waals surface area contributed by atoms with E-state index in [4.69, 9.17) is 4.74 Å². The number of carbonyl (C=O) groups excluding carboxylic acids is 1. The number of ether oxygens (including phenoxy) is 1. The van der Waals surface area contributed by atoms with E-state index in [0.29, 0.717) is 23.8 Å². The summed E-state index contributed by atoms with van der Waals surface area (Å²) < 4.78 is 5.33. The molecule has 0 amide bonds. The summed E-state index contributed by atoms with van der Waals surface area (Å²) in [6.07, 6.45) is 5.61. The number of benzene rings is 1. The van der Waals surface area contributed by atoms with Gasteiger partial charge in [-0.2, -0.15) is 0 Å². The lowest BCUT2D eigenvalue weighted by Gasteiger charge is -2.16. The van der Waals surface area contributed by atoms with E-state index in [0.717, 1.165) is 17.5 Å². The number of hydrogen-bond donors (Lipinski definition) is 1. The minimum Gasteiger partial charge on any atom is -0.508 e. The highest BCUT2D eigenvalue weighted by molar-refractivity contribution is 5.74. The van der Waals surface area contributed by atoms with Gasteiger partial charge in [-0.3, -0.25) is 4.79 Å². The third-order valence-corrected chi connectivity index (χ3v) is 3.56. The molecule has 0 radical (unpaired) electrons. The van der Waals surface area contributed by atoms with Crippen molar-refractivity contribution in [2.45, 2.75) is 31.6 Å². The number of allylic oxidation sites excluding steroid dienone is 2. The molecule has 3 rings (SSSR count). The Balaban J connectivity index is 2.06. The van der Waals surface area contributed by atoms with Crippen LogP contribution in [0.15, 0.2) is 24.3 Å². The number of carbonyl (C=O) groups is 1. The first-order valence-corrected chi connectivity index (χ1v) is 5.95. The number of hydrogen-bond acceptors (Lipinski definition) is 3. The van der Waals surface area contributed by atoms with Crippen LogP contribution in [0.3, 0.4) is 0 Å². The highest BCUT2D eigenvalue weighted by Gasteiger charge is 2.37. The summed E-state index contributed by atoms with van der Waals surface area (Å²) in [6.45, 7) is 1.77. The van der Waals surface area contributed by atoms with Crippen molar-refractivity contribution in [3.63, 3.8) is 0 Å². The SMILES string of the molecule is CCC(=O)Oc1ccc(O)c2c1[C@@H]1C=C[C@H]2C1. The van der Waals surface area contributed by atoms with Gasteiger partial charge in [0.1, 0.15) is 11.5 Å². The summed E-state index contributed by atoms with van der Waals surface area (Å²) in [5.74, 6) is 1.27. The smallest absolute Gasteiger partial charge is 0.310 e. The van der Waals surface area contributed by atoms with Gasteiger partial charge in [0, 0.05) is 29.4 Å². The van der Waals surface area contributed by atoms with E-state index in [1.54, 1.807) is 19.1 Å². The van der Waals surface area contributed by atoms with E-state index in [9.17, 15) is 9.90 Å². The maximum Gasteiger partial charge on any atom is 0.310 e. The normalized spacial score (nSPS) is 23.8. The van der Waals surface area contributed by atoms with E-state index in [1.165, 1.54) is 0 Å². The minimum atomic E-state index is -0.232. The van der Waals surface area contributed by atoms with Crippen LogP contribution in [0, 0.1) is 0 Å². The summed E-state index contributed by atoms with van der Waals surface area (Å²) in [4.78, 5) is 11.4. The van der Waals surface area contributed by atoms with Crippen molar-refractivity contribution in [2.24, 2.45) is 0 Å². The van der Waals surface area contributed by atoms with Gasteiger partial charge < -0.3 is 9.84 Å². The van der Waals surface area contributed by atoms with E-state index in [1.807, 2.05) is 0 Å². The number of rotatable bonds is 2. The van der Waals surface area contributed by atoms with Gasteiger partial charge in [-0.1, -0.05) is 19.1 Å². The van der Waals surface area contributed by atoms with Gasteiger partial charge >= 0.3 is 5.97 Å². The molecule has 0 saturated carbocycles. The average Bonchev–Trinajstić information content (AvgIpc) is 2.93. The molecule has 1 N–H and O–H groups in total. The molecule has 2 atom stereocenters. The molecule has 0 aliphatic heterocycles. The fourth-order valence-corrected chi connectivity index (χ4v) is 2.79. The first kappa shape index (κ1) is 10.4. The second-order valence-electron chi connectivity index (χ2n) is 4.57. The summed E-state index contributed by atoms with van der Waals surface area (Å²) in [5.41, 5.74) is 1.94. The number of fused-ring (bicyclic) bond motifs is 5. The first-order chi connectivity index (χ1) is 8.20. The maximum absolute atomic E-state index is 11.4. The lowest BCUT2D eigenvalue weighted by molar-refractivity contribution is -0.134. The summed E-state index contributed by atoms with van der Waals surface area (Å²) in [6, 6.07) is 3.31. The standard InChI is InChI=1S/C14H14O3/c1-2-12(16)17-11-6-5-10(15)13-8-3-4-9(7-8)14(11)13/h3-6,8-9,15H,2,7H2,1H3/t8-,9+/m0/s1. The zero-order chi connectivity index (χ0) is 12.0. The third kappa shape index (κ3) is 1.46. The second kappa shape index (κ2) is 3.62. The Hall–Kier alpha value is -1.77.